The molecule has 0 bridgehead atoms. The summed E-state index contributed by atoms with van der Waals surface area (Å²) in [7, 11) is 0. The van der Waals surface area contributed by atoms with Gasteiger partial charge in [0, 0.05) is 11.8 Å². The molecule has 0 saturated heterocycles. The van der Waals surface area contributed by atoms with Crippen molar-refractivity contribution >= 4 is 18.5 Å². The van der Waals surface area contributed by atoms with Gasteiger partial charge in [-0.05, 0) is 18.9 Å². The van der Waals surface area contributed by atoms with Crippen molar-refractivity contribution in [2.24, 2.45) is 10.1 Å². The van der Waals surface area contributed by atoms with Gasteiger partial charge in [-0.15, -0.1) is 0 Å². The van der Waals surface area contributed by atoms with Crippen molar-refractivity contribution in [1.29, 1.82) is 5.53 Å². The van der Waals surface area contributed by atoms with E-state index < -0.39 is 0 Å². The maximum absolute atomic E-state index is 6.57. The van der Waals surface area contributed by atoms with Crippen LogP contribution in [-0.4, -0.2) is 6.72 Å². The molecule has 0 atom stereocenters. The fourth-order valence-corrected chi connectivity index (χ4v) is 0.890. The normalized spacial score (nSPS) is 10.0. The second kappa shape index (κ2) is 4.18. The fourth-order valence-electron chi connectivity index (χ4n) is 0.890. The van der Waals surface area contributed by atoms with Gasteiger partial charge < -0.3 is 0 Å². The van der Waals surface area contributed by atoms with Crippen LogP contribution in [0.15, 0.2) is 40.6 Å². The lowest BCUT2D eigenvalue weighted by Gasteiger charge is -1.96. The van der Waals surface area contributed by atoms with E-state index in [-0.39, 0.29) is 0 Å². The van der Waals surface area contributed by atoms with E-state index in [2.05, 4.69) is 16.8 Å². The molecule has 0 unspecified atom stereocenters. The SMILES string of the molecule is C=Nc1ccccc1/C=C\N=N. The van der Waals surface area contributed by atoms with Crippen LogP contribution in [0.1, 0.15) is 5.56 Å². The van der Waals surface area contributed by atoms with Crippen LogP contribution >= 0.6 is 0 Å². The first-order chi connectivity index (χ1) is 5.88. The van der Waals surface area contributed by atoms with Crippen LogP contribution in [0.2, 0.25) is 0 Å². The zero-order valence-corrected chi connectivity index (χ0v) is 6.57. The maximum atomic E-state index is 6.57. The quantitative estimate of drug-likeness (QED) is 0.520. The minimum Gasteiger partial charge on any atom is -0.264 e. The Bertz CT molecular complexity index is 315. The monoisotopic (exact) mass is 159 g/mol. The zero-order valence-electron chi connectivity index (χ0n) is 6.57. The number of rotatable bonds is 3. The highest BCUT2D eigenvalue weighted by Gasteiger charge is 1.92. The van der Waals surface area contributed by atoms with Crippen molar-refractivity contribution in [3.05, 3.63) is 36.0 Å². The molecule has 60 valence electrons. The van der Waals surface area contributed by atoms with E-state index in [4.69, 9.17) is 5.53 Å². The summed E-state index contributed by atoms with van der Waals surface area (Å²) in [5.41, 5.74) is 8.29. The number of nitrogens with one attached hydrogen (secondary N) is 1. The topological polar surface area (TPSA) is 48.6 Å². The Hall–Kier alpha value is -1.77. The molecule has 0 radical (unpaired) electrons. The van der Waals surface area contributed by atoms with Gasteiger partial charge in [0.25, 0.3) is 0 Å². The second-order valence-corrected chi connectivity index (χ2v) is 2.16. The summed E-state index contributed by atoms with van der Waals surface area (Å²) < 4.78 is 0. The van der Waals surface area contributed by atoms with Crippen molar-refractivity contribution < 1.29 is 0 Å². The van der Waals surface area contributed by atoms with Crippen molar-refractivity contribution in [2.45, 2.75) is 0 Å². The van der Waals surface area contributed by atoms with E-state index in [1.165, 1.54) is 6.20 Å². The highest BCUT2D eigenvalue weighted by molar-refractivity contribution is 5.65. The standard InChI is InChI=1S/C9H9N3/c1-11-9-5-3-2-4-8(9)6-7-12-10/h2-7,10H,1H2/b7-6-,12-10?. The molecule has 0 heterocycles. The summed E-state index contributed by atoms with van der Waals surface area (Å²) in [6.45, 7) is 3.44. The van der Waals surface area contributed by atoms with E-state index >= 15 is 0 Å². The van der Waals surface area contributed by atoms with Gasteiger partial charge in [0.2, 0.25) is 0 Å². The summed E-state index contributed by atoms with van der Waals surface area (Å²) in [5.74, 6) is 0. The predicted molar refractivity (Wildman–Crippen MR) is 49.8 cm³/mol. The van der Waals surface area contributed by atoms with Gasteiger partial charge >= 0.3 is 0 Å². The number of para-hydroxylation sites is 1. The summed E-state index contributed by atoms with van der Waals surface area (Å²) >= 11 is 0. The molecule has 0 saturated carbocycles. The lowest BCUT2D eigenvalue weighted by Crippen LogP contribution is -1.71. The number of hydrogen-bond donors (Lipinski definition) is 1. The third-order valence-electron chi connectivity index (χ3n) is 1.44. The second-order valence-electron chi connectivity index (χ2n) is 2.16. The molecule has 0 amide bonds. The Balaban J connectivity index is 3.04. The van der Waals surface area contributed by atoms with Crippen LogP contribution in [0.3, 0.4) is 0 Å². The first kappa shape index (κ1) is 8.33. The zero-order chi connectivity index (χ0) is 8.81. The van der Waals surface area contributed by atoms with Crippen molar-refractivity contribution in [1.82, 2.24) is 0 Å². The molecular formula is C9H9N3. The van der Waals surface area contributed by atoms with Gasteiger partial charge in [0.15, 0.2) is 0 Å². The van der Waals surface area contributed by atoms with Gasteiger partial charge in [-0.1, -0.05) is 18.2 Å². The molecule has 0 aliphatic carbocycles. The molecule has 0 aliphatic heterocycles. The van der Waals surface area contributed by atoms with Crippen LogP contribution in [0, 0.1) is 5.53 Å². The van der Waals surface area contributed by atoms with Gasteiger partial charge in [0.1, 0.15) is 0 Å². The molecule has 1 N–H and O–H groups in total. The Morgan fingerprint density at radius 2 is 2.08 bits per heavy atom. The van der Waals surface area contributed by atoms with E-state index in [9.17, 15) is 0 Å². The number of aliphatic imine (C=N–C) groups is 1. The molecule has 12 heavy (non-hydrogen) atoms. The third kappa shape index (κ3) is 1.85. The molecule has 0 fully saturated rings. The van der Waals surface area contributed by atoms with Crippen LogP contribution in [0.25, 0.3) is 6.08 Å². The van der Waals surface area contributed by atoms with E-state index in [0.717, 1.165) is 11.3 Å². The molecule has 3 nitrogen and oxygen atoms in total. The van der Waals surface area contributed by atoms with Gasteiger partial charge in [-0.3, -0.25) is 4.99 Å². The number of nitrogens with zero attached hydrogens (tertiary/aromatic N) is 2. The molecule has 0 aromatic heterocycles. The van der Waals surface area contributed by atoms with Crippen molar-refractivity contribution in [2.75, 3.05) is 0 Å². The molecule has 0 spiro atoms. The lowest BCUT2D eigenvalue weighted by molar-refractivity contribution is 1.15. The molecule has 0 aliphatic rings. The summed E-state index contributed by atoms with van der Waals surface area (Å²) in [4.78, 5) is 3.82. The molecule has 1 aromatic rings. The highest BCUT2D eigenvalue weighted by Crippen LogP contribution is 2.18. The Kier molecular flexibility index (Phi) is 2.90. The molecule has 3 heteroatoms. The lowest BCUT2D eigenvalue weighted by atomic mass is 10.2. The maximum Gasteiger partial charge on any atom is 0.0695 e. The van der Waals surface area contributed by atoms with Crippen LogP contribution < -0.4 is 0 Å². The Labute approximate surface area is 71.0 Å². The van der Waals surface area contributed by atoms with Crippen LogP contribution in [0.5, 0.6) is 0 Å². The van der Waals surface area contributed by atoms with E-state index in [0.29, 0.717) is 0 Å². The van der Waals surface area contributed by atoms with Crippen molar-refractivity contribution in [3.63, 3.8) is 0 Å². The summed E-state index contributed by atoms with van der Waals surface area (Å²) in [5, 5.41) is 3.11. The fraction of sp³-hybridized carbons (Fsp3) is 0. The minimum atomic E-state index is 0.803. The molecule has 1 rings (SSSR count). The largest absolute Gasteiger partial charge is 0.264 e. The van der Waals surface area contributed by atoms with Gasteiger partial charge in [-0.25, -0.2) is 5.53 Å². The number of hydrogen-bond acceptors (Lipinski definition) is 3. The molecule has 1 aromatic carbocycles. The smallest absolute Gasteiger partial charge is 0.0695 e. The number of benzene rings is 1. The third-order valence-corrected chi connectivity index (χ3v) is 1.44. The summed E-state index contributed by atoms with van der Waals surface area (Å²) in [6.07, 6.45) is 3.13. The van der Waals surface area contributed by atoms with Crippen LogP contribution in [-0.2, 0) is 0 Å². The average Bonchev–Trinajstić information content (AvgIpc) is 2.15. The Morgan fingerprint density at radius 1 is 1.33 bits per heavy atom. The first-order valence-electron chi connectivity index (χ1n) is 3.47. The van der Waals surface area contributed by atoms with Crippen LogP contribution in [0.4, 0.5) is 5.69 Å². The summed E-state index contributed by atoms with van der Waals surface area (Å²) in [6, 6.07) is 7.54. The average molecular weight is 159 g/mol. The van der Waals surface area contributed by atoms with Gasteiger partial charge in [0.05, 0.1) is 5.69 Å². The minimum absolute atomic E-state index is 0.803. The van der Waals surface area contributed by atoms with Crippen molar-refractivity contribution in [3.8, 4) is 0 Å². The molecular weight excluding hydrogens is 150 g/mol. The predicted octanol–water partition coefficient (Wildman–Crippen LogP) is 3.02. The van der Waals surface area contributed by atoms with E-state index in [1.54, 1.807) is 6.08 Å². The first-order valence-corrected chi connectivity index (χ1v) is 3.47. The van der Waals surface area contributed by atoms with E-state index in [1.807, 2.05) is 24.3 Å². The van der Waals surface area contributed by atoms with Gasteiger partial charge in [-0.2, -0.15) is 5.11 Å². The highest BCUT2D eigenvalue weighted by atomic mass is 14.9. The Morgan fingerprint density at radius 3 is 2.75 bits per heavy atom.